The van der Waals surface area contributed by atoms with E-state index < -0.39 is 29.9 Å². The van der Waals surface area contributed by atoms with E-state index in [9.17, 15) is 24.0 Å². The van der Waals surface area contributed by atoms with E-state index in [1.165, 1.54) is 19.1 Å². The highest BCUT2D eigenvalue weighted by molar-refractivity contribution is 5.93. The molecule has 38 heavy (non-hydrogen) atoms. The van der Waals surface area contributed by atoms with Gasteiger partial charge in [0, 0.05) is 39.7 Å². The van der Waals surface area contributed by atoms with Crippen molar-refractivity contribution in [2.45, 2.75) is 97.9 Å². The minimum Gasteiger partial charge on any atom is -0.467 e. The van der Waals surface area contributed by atoms with Gasteiger partial charge in [-0.1, -0.05) is 27.7 Å². The van der Waals surface area contributed by atoms with Gasteiger partial charge >= 0.3 is 5.97 Å². The van der Waals surface area contributed by atoms with E-state index in [4.69, 9.17) is 9.47 Å². The van der Waals surface area contributed by atoms with Crippen LogP contribution in [0.5, 0.6) is 0 Å². The third kappa shape index (κ3) is 11.8. The summed E-state index contributed by atoms with van der Waals surface area (Å²) in [6.45, 7) is 14.2. The Bertz CT molecular complexity index is 782. The van der Waals surface area contributed by atoms with E-state index >= 15 is 0 Å². The zero-order valence-corrected chi connectivity index (χ0v) is 25.0. The molecule has 0 aromatic heterocycles. The molecule has 3 atom stereocenters. The average molecular weight is 543 g/mol. The minimum atomic E-state index is -0.998. The molecule has 2 aliphatic heterocycles. The lowest BCUT2D eigenvalue weighted by Gasteiger charge is -2.38. The van der Waals surface area contributed by atoms with Crippen LogP contribution in [0.4, 0.5) is 0 Å². The Morgan fingerprint density at radius 1 is 1.13 bits per heavy atom. The second-order valence-corrected chi connectivity index (χ2v) is 10.7. The van der Waals surface area contributed by atoms with Crippen LogP contribution in [0.3, 0.4) is 0 Å². The second-order valence-electron chi connectivity index (χ2n) is 10.7. The first-order valence-corrected chi connectivity index (χ1v) is 13.4. The van der Waals surface area contributed by atoms with E-state index in [1.54, 1.807) is 12.0 Å². The molecule has 2 saturated heterocycles. The van der Waals surface area contributed by atoms with Crippen LogP contribution < -0.4 is 5.32 Å². The smallest absolute Gasteiger partial charge is 0.328 e. The molecule has 11 nitrogen and oxygen atoms in total. The summed E-state index contributed by atoms with van der Waals surface area (Å²) in [5, 5.41) is 2.65. The topological polar surface area (TPSA) is 126 Å². The van der Waals surface area contributed by atoms with Crippen LogP contribution in [0, 0.1) is 5.92 Å². The van der Waals surface area contributed by atoms with E-state index in [0.717, 1.165) is 4.90 Å². The summed E-state index contributed by atoms with van der Waals surface area (Å²) < 4.78 is 9.80. The molecule has 0 spiro atoms. The first-order valence-electron chi connectivity index (χ1n) is 13.4. The van der Waals surface area contributed by atoms with Gasteiger partial charge in [-0.05, 0) is 46.0 Å². The predicted molar refractivity (Wildman–Crippen MR) is 145 cm³/mol. The number of ether oxygens (including phenoxy) is 2. The quantitative estimate of drug-likeness (QED) is 0.384. The van der Waals surface area contributed by atoms with Gasteiger partial charge in [-0.2, -0.15) is 0 Å². The van der Waals surface area contributed by atoms with Crippen molar-refractivity contribution in [3.63, 3.8) is 0 Å². The number of nitrogens with zero attached hydrogens (tertiary/aromatic N) is 3. The largest absolute Gasteiger partial charge is 0.467 e. The van der Waals surface area contributed by atoms with Gasteiger partial charge < -0.3 is 29.5 Å². The number of hydrogen-bond acceptors (Lipinski definition) is 7. The number of fused-ring (bicyclic) bond motifs is 1. The highest BCUT2D eigenvalue weighted by Crippen LogP contribution is 2.30. The summed E-state index contributed by atoms with van der Waals surface area (Å²) >= 11 is 0. The Kier molecular flexibility index (Phi) is 15.8. The van der Waals surface area contributed by atoms with Crippen LogP contribution in [-0.2, 0) is 33.4 Å². The lowest BCUT2D eigenvalue weighted by molar-refractivity contribution is -0.155. The van der Waals surface area contributed by atoms with Gasteiger partial charge in [-0.15, -0.1) is 0 Å². The molecular formula is C27H50N4O7. The normalized spacial score (nSPS) is 21.0. The van der Waals surface area contributed by atoms with Gasteiger partial charge in [0.1, 0.15) is 12.1 Å². The molecule has 11 heteroatoms. The lowest BCUT2D eigenvalue weighted by atomic mass is 10.0. The average Bonchev–Trinajstić information content (AvgIpc) is 3.27. The zero-order valence-electron chi connectivity index (χ0n) is 25.0. The van der Waals surface area contributed by atoms with Crippen molar-refractivity contribution in [1.82, 2.24) is 20.0 Å². The van der Waals surface area contributed by atoms with Gasteiger partial charge in [-0.3, -0.25) is 19.2 Å². The fraction of sp³-hybridized carbons (Fsp3) is 0.815. The summed E-state index contributed by atoms with van der Waals surface area (Å²) in [5.41, 5.74) is 0.0417. The van der Waals surface area contributed by atoms with Crippen LogP contribution in [-0.4, -0.2) is 109 Å². The van der Waals surface area contributed by atoms with Crippen LogP contribution in [0.25, 0.3) is 0 Å². The molecule has 0 saturated carbocycles. The standard InChI is InChI=1S/C20H32N4O6.C5H12O.C2H6/c1-13(2)9-18(27)23-8-7-14-5-6-16(20(29)30-4)24(14)19(28)15(10-23)21-17(26)11-22(3)12-25;1-5(2,3)6-4;1-2/h12-16H,5-11H2,1-4H3,(H,21,26);1-4H3;1-2H3. The molecule has 0 radical (unpaired) electrons. The number of nitrogens with one attached hydrogen (secondary N) is 1. The molecule has 0 aromatic carbocycles. The van der Waals surface area contributed by atoms with Crippen molar-refractivity contribution in [2.24, 2.45) is 5.92 Å². The van der Waals surface area contributed by atoms with E-state index in [0.29, 0.717) is 38.6 Å². The van der Waals surface area contributed by atoms with Crippen LogP contribution >= 0.6 is 0 Å². The molecule has 3 unspecified atom stereocenters. The molecule has 1 N–H and O–H groups in total. The highest BCUT2D eigenvalue weighted by Gasteiger charge is 2.45. The van der Waals surface area contributed by atoms with Crippen LogP contribution in [0.2, 0.25) is 0 Å². The number of carbonyl (C=O) groups is 5. The number of hydrogen-bond donors (Lipinski definition) is 1. The third-order valence-electron chi connectivity index (χ3n) is 6.12. The van der Waals surface area contributed by atoms with Crippen molar-refractivity contribution in [3.05, 3.63) is 0 Å². The van der Waals surface area contributed by atoms with Gasteiger partial charge in [-0.25, -0.2) is 4.79 Å². The van der Waals surface area contributed by atoms with Gasteiger partial charge in [0.25, 0.3) is 0 Å². The fourth-order valence-electron chi connectivity index (χ4n) is 4.06. The van der Waals surface area contributed by atoms with Crippen molar-refractivity contribution in [1.29, 1.82) is 0 Å². The maximum absolute atomic E-state index is 13.4. The fourth-order valence-corrected chi connectivity index (χ4v) is 4.06. The summed E-state index contributed by atoms with van der Waals surface area (Å²) in [5.74, 6) is -1.30. The first-order chi connectivity index (χ1) is 17.7. The lowest BCUT2D eigenvalue weighted by Crippen LogP contribution is -2.61. The van der Waals surface area contributed by atoms with Gasteiger partial charge in [0.15, 0.2) is 0 Å². The second kappa shape index (κ2) is 17.0. The van der Waals surface area contributed by atoms with E-state index in [-0.39, 0.29) is 36.6 Å². The molecule has 4 amide bonds. The number of amides is 4. The molecule has 2 fully saturated rings. The highest BCUT2D eigenvalue weighted by atomic mass is 16.5. The van der Waals surface area contributed by atoms with Crippen molar-refractivity contribution in [2.75, 3.05) is 40.9 Å². The third-order valence-corrected chi connectivity index (χ3v) is 6.12. The molecule has 2 heterocycles. The van der Waals surface area contributed by atoms with Gasteiger partial charge in [0.05, 0.1) is 19.3 Å². The number of likely N-dealkylation sites (N-methyl/N-ethyl adjacent to an activating group) is 1. The predicted octanol–water partition coefficient (Wildman–Crippen LogP) is 1.83. The first kappa shape index (κ1) is 35.3. The number of rotatable bonds is 7. The molecule has 220 valence electrons. The number of carbonyl (C=O) groups excluding carboxylic acids is 5. The molecule has 2 rings (SSSR count). The number of methoxy groups -OCH3 is 2. The molecular weight excluding hydrogens is 492 g/mol. The molecule has 0 bridgehead atoms. The summed E-state index contributed by atoms with van der Waals surface area (Å²) in [7, 11) is 4.44. The SMILES string of the molecule is CC.COC(=O)C1CCC2CCN(C(=O)CC(C)C)CC(NC(=O)CN(C)C=O)C(=O)N21.COC(C)(C)C. The van der Waals surface area contributed by atoms with Crippen molar-refractivity contribution >= 4 is 30.1 Å². The Hall–Kier alpha value is -2.69. The van der Waals surface area contributed by atoms with E-state index in [2.05, 4.69) is 5.32 Å². The molecule has 0 aromatic rings. The Labute approximate surface area is 228 Å². The van der Waals surface area contributed by atoms with E-state index in [1.807, 2.05) is 48.5 Å². The maximum Gasteiger partial charge on any atom is 0.328 e. The van der Waals surface area contributed by atoms with Gasteiger partial charge in [0.2, 0.25) is 24.1 Å². The summed E-state index contributed by atoms with van der Waals surface area (Å²) in [6, 6.07) is -1.89. The Balaban J connectivity index is 0.00000150. The number of esters is 1. The zero-order chi connectivity index (χ0) is 29.6. The Morgan fingerprint density at radius 3 is 2.18 bits per heavy atom. The monoisotopic (exact) mass is 542 g/mol. The molecule has 0 aliphatic carbocycles. The maximum atomic E-state index is 13.4. The van der Waals surface area contributed by atoms with Crippen molar-refractivity contribution < 1.29 is 33.4 Å². The Morgan fingerprint density at radius 2 is 1.71 bits per heavy atom. The minimum absolute atomic E-state index is 0.0258. The summed E-state index contributed by atoms with van der Waals surface area (Å²) in [4.78, 5) is 65.8. The molecule has 2 aliphatic rings. The van der Waals surface area contributed by atoms with Crippen LogP contribution in [0.1, 0.15) is 74.1 Å². The van der Waals surface area contributed by atoms with Crippen LogP contribution in [0.15, 0.2) is 0 Å². The summed E-state index contributed by atoms with van der Waals surface area (Å²) in [6.07, 6.45) is 2.55. The van der Waals surface area contributed by atoms with Crippen molar-refractivity contribution in [3.8, 4) is 0 Å².